The highest BCUT2D eigenvalue weighted by Gasteiger charge is 2.28. The number of hydrogen-bond donors (Lipinski definition) is 0. The zero-order chi connectivity index (χ0) is 22.1. The molecule has 4 aromatic rings. The quantitative estimate of drug-likeness (QED) is 0.471. The van der Waals surface area contributed by atoms with Crippen molar-refractivity contribution in [1.82, 2.24) is 24.2 Å². The Kier molecular flexibility index (Phi) is 5.35. The molecule has 0 saturated carbocycles. The number of hydrogen-bond acceptors (Lipinski definition) is 3. The second kappa shape index (κ2) is 8.46. The second-order valence-electron chi connectivity index (χ2n) is 8.50. The summed E-state index contributed by atoms with van der Waals surface area (Å²) in [5, 5.41) is 4.85. The largest absolute Gasteiger partial charge is 0.338 e. The van der Waals surface area contributed by atoms with E-state index in [0.29, 0.717) is 11.6 Å². The first-order valence-electron chi connectivity index (χ1n) is 11.1. The lowest BCUT2D eigenvalue weighted by Gasteiger charge is -2.32. The molecule has 2 aromatic heterocycles. The lowest BCUT2D eigenvalue weighted by molar-refractivity contribution is 0.0695. The summed E-state index contributed by atoms with van der Waals surface area (Å²) in [6.45, 7) is 5.64. The second-order valence-corrected chi connectivity index (χ2v) is 8.50. The SMILES string of the molecule is Cc1ccc(-c2nn(-c3ccccc3)cc2C(=O)N2CCC(n3ccnc3)CC2)cc1C. The molecule has 6 heteroatoms. The zero-order valence-electron chi connectivity index (χ0n) is 18.5. The molecule has 162 valence electrons. The van der Waals surface area contributed by atoms with Crippen LogP contribution in [0.3, 0.4) is 0 Å². The molecular formula is C26H27N5O. The predicted octanol–water partition coefficient (Wildman–Crippen LogP) is 4.83. The number of imidazole rings is 1. The van der Waals surface area contributed by atoms with E-state index in [1.165, 1.54) is 11.1 Å². The van der Waals surface area contributed by atoms with Crippen molar-refractivity contribution in [3.8, 4) is 16.9 Å². The van der Waals surface area contributed by atoms with Crippen LogP contribution in [-0.4, -0.2) is 43.2 Å². The Morgan fingerprint density at radius 3 is 2.47 bits per heavy atom. The fraction of sp³-hybridized carbons (Fsp3) is 0.269. The van der Waals surface area contributed by atoms with Crippen LogP contribution in [0, 0.1) is 13.8 Å². The number of likely N-dealkylation sites (tertiary alicyclic amines) is 1. The lowest BCUT2D eigenvalue weighted by Crippen LogP contribution is -2.39. The van der Waals surface area contributed by atoms with Crippen molar-refractivity contribution in [3.63, 3.8) is 0 Å². The summed E-state index contributed by atoms with van der Waals surface area (Å²) in [4.78, 5) is 19.8. The summed E-state index contributed by atoms with van der Waals surface area (Å²) in [6.07, 6.45) is 9.41. The molecule has 1 saturated heterocycles. The molecule has 1 aliphatic rings. The molecule has 2 aromatic carbocycles. The predicted molar refractivity (Wildman–Crippen MR) is 125 cm³/mol. The highest BCUT2D eigenvalue weighted by Crippen LogP contribution is 2.29. The van der Waals surface area contributed by atoms with Gasteiger partial charge in [0.1, 0.15) is 5.69 Å². The molecule has 1 aliphatic heterocycles. The molecule has 0 N–H and O–H groups in total. The number of carbonyl (C=O) groups excluding carboxylic acids is 1. The number of nitrogens with zero attached hydrogens (tertiary/aromatic N) is 5. The Bertz CT molecular complexity index is 1220. The molecule has 0 spiro atoms. The summed E-state index contributed by atoms with van der Waals surface area (Å²) < 4.78 is 3.96. The van der Waals surface area contributed by atoms with Gasteiger partial charge in [-0.05, 0) is 56.0 Å². The monoisotopic (exact) mass is 425 g/mol. The number of piperidine rings is 1. The molecule has 0 bridgehead atoms. The first-order valence-corrected chi connectivity index (χ1v) is 11.1. The molecule has 0 atom stereocenters. The van der Waals surface area contributed by atoms with Crippen LogP contribution in [0.4, 0.5) is 0 Å². The minimum atomic E-state index is 0.0458. The van der Waals surface area contributed by atoms with Gasteiger partial charge in [0.2, 0.25) is 0 Å². The number of carbonyl (C=O) groups is 1. The van der Waals surface area contributed by atoms with Crippen LogP contribution < -0.4 is 0 Å². The van der Waals surface area contributed by atoms with Gasteiger partial charge in [0, 0.05) is 43.3 Å². The van der Waals surface area contributed by atoms with E-state index in [4.69, 9.17) is 5.10 Å². The smallest absolute Gasteiger partial charge is 0.257 e. The van der Waals surface area contributed by atoms with Crippen LogP contribution in [0.5, 0.6) is 0 Å². The van der Waals surface area contributed by atoms with E-state index in [-0.39, 0.29) is 5.91 Å². The number of rotatable bonds is 4. The average Bonchev–Trinajstić information content (AvgIpc) is 3.52. The van der Waals surface area contributed by atoms with Gasteiger partial charge in [-0.3, -0.25) is 4.79 Å². The maximum absolute atomic E-state index is 13.6. The Hall–Kier alpha value is -3.67. The number of aryl methyl sites for hydroxylation is 2. The maximum atomic E-state index is 13.6. The van der Waals surface area contributed by atoms with E-state index in [2.05, 4.69) is 41.6 Å². The van der Waals surface area contributed by atoms with Gasteiger partial charge in [0.15, 0.2) is 0 Å². The minimum absolute atomic E-state index is 0.0458. The molecule has 32 heavy (non-hydrogen) atoms. The van der Waals surface area contributed by atoms with Crippen LogP contribution >= 0.6 is 0 Å². The van der Waals surface area contributed by atoms with Crippen molar-refractivity contribution in [2.75, 3.05) is 13.1 Å². The van der Waals surface area contributed by atoms with Crippen LogP contribution in [-0.2, 0) is 0 Å². The van der Waals surface area contributed by atoms with Crippen molar-refractivity contribution in [2.24, 2.45) is 0 Å². The van der Waals surface area contributed by atoms with Gasteiger partial charge in [-0.25, -0.2) is 9.67 Å². The van der Waals surface area contributed by atoms with Gasteiger partial charge in [-0.15, -0.1) is 0 Å². The summed E-state index contributed by atoms with van der Waals surface area (Å²) >= 11 is 0. The van der Waals surface area contributed by atoms with E-state index in [1.807, 2.05) is 64.8 Å². The normalized spacial score (nSPS) is 14.6. The van der Waals surface area contributed by atoms with Gasteiger partial charge >= 0.3 is 0 Å². The first kappa shape index (κ1) is 20.2. The van der Waals surface area contributed by atoms with Crippen molar-refractivity contribution >= 4 is 5.91 Å². The van der Waals surface area contributed by atoms with Crippen molar-refractivity contribution in [1.29, 1.82) is 0 Å². The van der Waals surface area contributed by atoms with Gasteiger partial charge in [-0.2, -0.15) is 5.10 Å². The molecule has 0 radical (unpaired) electrons. The van der Waals surface area contributed by atoms with Crippen LogP contribution in [0.1, 0.15) is 40.4 Å². The van der Waals surface area contributed by atoms with Crippen LogP contribution in [0.15, 0.2) is 73.4 Å². The Labute approximate surface area is 188 Å². The van der Waals surface area contributed by atoms with Gasteiger partial charge < -0.3 is 9.47 Å². The number of aromatic nitrogens is 4. The summed E-state index contributed by atoms with van der Waals surface area (Å²) in [6, 6.07) is 16.6. The van der Waals surface area contributed by atoms with Gasteiger partial charge in [0.25, 0.3) is 5.91 Å². The fourth-order valence-corrected chi connectivity index (χ4v) is 4.37. The summed E-state index contributed by atoms with van der Waals surface area (Å²) in [7, 11) is 0. The van der Waals surface area contributed by atoms with E-state index in [1.54, 1.807) is 0 Å². The fourth-order valence-electron chi connectivity index (χ4n) is 4.37. The highest BCUT2D eigenvalue weighted by molar-refractivity contribution is 6.00. The Morgan fingerprint density at radius 1 is 1.00 bits per heavy atom. The molecule has 6 nitrogen and oxygen atoms in total. The molecule has 3 heterocycles. The highest BCUT2D eigenvalue weighted by atomic mass is 16.2. The number of benzene rings is 2. The van der Waals surface area contributed by atoms with E-state index in [0.717, 1.165) is 42.9 Å². The molecule has 1 fully saturated rings. The molecule has 0 aliphatic carbocycles. The van der Waals surface area contributed by atoms with E-state index in [9.17, 15) is 4.79 Å². The Balaban J connectivity index is 1.47. The third-order valence-electron chi connectivity index (χ3n) is 6.44. The molecule has 0 unspecified atom stereocenters. The third-order valence-corrected chi connectivity index (χ3v) is 6.44. The first-order chi connectivity index (χ1) is 15.6. The van der Waals surface area contributed by atoms with Crippen molar-refractivity contribution in [3.05, 3.63) is 90.1 Å². The van der Waals surface area contributed by atoms with Crippen molar-refractivity contribution in [2.45, 2.75) is 32.7 Å². The Morgan fingerprint density at radius 2 is 1.78 bits per heavy atom. The third kappa shape index (κ3) is 3.84. The standard InChI is InChI=1S/C26H27N5O/c1-19-8-9-21(16-20(19)2)25-24(17-31(28-25)23-6-4-3-5-7-23)26(32)29-13-10-22(11-14-29)30-15-12-27-18-30/h3-9,12,15-18,22H,10-11,13-14H2,1-2H3. The molecule has 1 amide bonds. The average molecular weight is 426 g/mol. The topological polar surface area (TPSA) is 56.0 Å². The lowest BCUT2D eigenvalue weighted by atomic mass is 10.0. The summed E-state index contributed by atoms with van der Waals surface area (Å²) in [5.74, 6) is 0.0458. The van der Waals surface area contributed by atoms with E-state index >= 15 is 0 Å². The number of amides is 1. The summed E-state index contributed by atoms with van der Waals surface area (Å²) in [5.41, 5.74) is 5.72. The molecule has 5 rings (SSSR count). The van der Waals surface area contributed by atoms with Crippen LogP contribution in [0.25, 0.3) is 16.9 Å². The number of para-hydroxylation sites is 1. The van der Waals surface area contributed by atoms with Crippen LogP contribution in [0.2, 0.25) is 0 Å². The minimum Gasteiger partial charge on any atom is -0.338 e. The van der Waals surface area contributed by atoms with Gasteiger partial charge in [-0.1, -0.05) is 30.3 Å². The van der Waals surface area contributed by atoms with Crippen molar-refractivity contribution < 1.29 is 4.79 Å². The van der Waals surface area contributed by atoms with E-state index < -0.39 is 0 Å². The maximum Gasteiger partial charge on any atom is 0.257 e. The van der Waals surface area contributed by atoms with Gasteiger partial charge in [0.05, 0.1) is 17.6 Å². The molecular weight excluding hydrogens is 398 g/mol. The zero-order valence-corrected chi connectivity index (χ0v) is 18.5.